The summed E-state index contributed by atoms with van der Waals surface area (Å²) in [6.45, 7) is 2.71. The van der Waals surface area contributed by atoms with Gasteiger partial charge in [0.2, 0.25) is 5.91 Å². The van der Waals surface area contributed by atoms with Gasteiger partial charge in [-0.3, -0.25) is 4.79 Å². The van der Waals surface area contributed by atoms with Crippen LogP contribution in [0, 0.1) is 6.92 Å². The first-order chi connectivity index (χ1) is 10.1. The zero-order valence-corrected chi connectivity index (χ0v) is 12.8. The highest BCUT2D eigenvalue weighted by Crippen LogP contribution is 2.14. The standard InChI is InChI=1S/C18H21NO2/c1-14-6-4-5-7-16(14)13-19(2)18(20)12-15-8-10-17(21-3)11-9-15/h4-11H,12-13H2,1-3H3. The maximum atomic E-state index is 12.3. The van der Waals surface area contributed by atoms with E-state index in [4.69, 9.17) is 4.74 Å². The van der Waals surface area contributed by atoms with E-state index in [0.29, 0.717) is 13.0 Å². The lowest BCUT2D eigenvalue weighted by atomic mass is 10.1. The normalized spacial score (nSPS) is 10.2. The van der Waals surface area contributed by atoms with Crippen molar-refractivity contribution in [3.63, 3.8) is 0 Å². The van der Waals surface area contributed by atoms with Crippen LogP contribution in [0.25, 0.3) is 0 Å². The van der Waals surface area contributed by atoms with Crippen molar-refractivity contribution in [2.24, 2.45) is 0 Å². The third-order valence-corrected chi connectivity index (χ3v) is 3.61. The monoisotopic (exact) mass is 283 g/mol. The van der Waals surface area contributed by atoms with Crippen molar-refractivity contribution in [2.45, 2.75) is 19.9 Å². The summed E-state index contributed by atoms with van der Waals surface area (Å²) in [6, 6.07) is 15.8. The first-order valence-corrected chi connectivity index (χ1v) is 7.01. The number of hydrogen-bond donors (Lipinski definition) is 0. The number of hydrogen-bond acceptors (Lipinski definition) is 2. The lowest BCUT2D eigenvalue weighted by molar-refractivity contribution is -0.129. The Hall–Kier alpha value is -2.29. The molecule has 0 N–H and O–H groups in total. The number of aryl methyl sites for hydroxylation is 1. The quantitative estimate of drug-likeness (QED) is 0.843. The topological polar surface area (TPSA) is 29.5 Å². The van der Waals surface area contributed by atoms with Gasteiger partial charge >= 0.3 is 0 Å². The minimum atomic E-state index is 0.114. The van der Waals surface area contributed by atoms with Gasteiger partial charge in [0, 0.05) is 13.6 Å². The van der Waals surface area contributed by atoms with E-state index in [1.807, 2.05) is 43.4 Å². The van der Waals surface area contributed by atoms with Gasteiger partial charge in [0.15, 0.2) is 0 Å². The summed E-state index contributed by atoms with van der Waals surface area (Å²) in [6.07, 6.45) is 0.409. The van der Waals surface area contributed by atoms with Crippen LogP contribution in [0.3, 0.4) is 0 Å². The Morgan fingerprint density at radius 3 is 2.38 bits per heavy atom. The molecule has 0 atom stereocenters. The van der Waals surface area contributed by atoms with Gasteiger partial charge in [-0.2, -0.15) is 0 Å². The van der Waals surface area contributed by atoms with Crippen molar-refractivity contribution in [3.8, 4) is 5.75 Å². The molecule has 110 valence electrons. The molecule has 21 heavy (non-hydrogen) atoms. The highest BCUT2D eigenvalue weighted by molar-refractivity contribution is 5.78. The fourth-order valence-corrected chi connectivity index (χ4v) is 2.18. The summed E-state index contributed by atoms with van der Waals surface area (Å²) < 4.78 is 5.12. The van der Waals surface area contributed by atoms with Gasteiger partial charge < -0.3 is 9.64 Å². The van der Waals surface area contributed by atoms with E-state index >= 15 is 0 Å². The average Bonchev–Trinajstić information content (AvgIpc) is 2.50. The van der Waals surface area contributed by atoms with Crippen LogP contribution in [0.5, 0.6) is 5.75 Å². The maximum Gasteiger partial charge on any atom is 0.227 e. The Bertz CT molecular complexity index is 605. The number of ether oxygens (including phenoxy) is 1. The van der Waals surface area contributed by atoms with Crippen molar-refractivity contribution in [1.29, 1.82) is 0 Å². The summed E-state index contributed by atoms with van der Waals surface area (Å²) in [5.74, 6) is 0.919. The smallest absolute Gasteiger partial charge is 0.227 e. The number of likely N-dealkylation sites (N-methyl/N-ethyl adjacent to an activating group) is 1. The van der Waals surface area contributed by atoms with E-state index in [9.17, 15) is 4.79 Å². The Kier molecular flexibility index (Phi) is 4.99. The number of carbonyl (C=O) groups is 1. The van der Waals surface area contributed by atoms with E-state index in [-0.39, 0.29) is 5.91 Å². The first-order valence-electron chi connectivity index (χ1n) is 7.01. The molecule has 3 nitrogen and oxygen atoms in total. The zero-order valence-electron chi connectivity index (χ0n) is 12.8. The number of amides is 1. The molecule has 1 amide bonds. The minimum absolute atomic E-state index is 0.114. The largest absolute Gasteiger partial charge is 0.497 e. The molecule has 0 heterocycles. The number of rotatable bonds is 5. The van der Waals surface area contributed by atoms with Gasteiger partial charge in [0.05, 0.1) is 13.5 Å². The van der Waals surface area contributed by atoms with Crippen molar-refractivity contribution in [1.82, 2.24) is 4.90 Å². The molecule has 0 aliphatic carbocycles. The summed E-state index contributed by atoms with van der Waals surface area (Å²) in [7, 11) is 3.48. The van der Waals surface area contributed by atoms with Crippen LogP contribution in [0.4, 0.5) is 0 Å². The SMILES string of the molecule is COc1ccc(CC(=O)N(C)Cc2ccccc2C)cc1. The van der Waals surface area contributed by atoms with E-state index < -0.39 is 0 Å². The van der Waals surface area contributed by atoms with Crippen LogP contribution in [-0.2, 0) is 17.8 Å². The van der Waals surface area contributed by atoms with Gasteiger partial charge in [-0.25, -0.2) is 0 Å². The lowest BCUT2D eigenvalue weighted by Gasteiger charge is -2.18. The number of carbonyl (C=O) groups excluding carboxylic acids is 1. The zero-order chi connectivity index (χ0) is 15.2. The molecule has 0 bridgehead atoms. The lowest BCUT2D eigenvalue weighted by Crippen LogP contribution is -2.28. The Balaban J connectivity index is 1.97. The van der Waals surface area contributed by atoms with E-state index in [2.05, 4.69) is 19.1 Å². The molecule has 0 spiro atoms. The number of nitrogens with zero attached hydrogens (tertiary/aromatic N) is 1. The van der Waals surface area contributed by atoms with Gasteiger partial charge in [0.25, 0.3) is 0 Å². The van der Waals surface area contributed by atoms with Crippen molar-refractivity contribution >= 4 is 5.91 Å². The Labute approximate surface area is 126 Å². The second-order valence-corrected chi connectivity index (χ2v) is 5.20. The predicted molar refractivity (Wildman–Crippen MR) is 84.4 cm³/mol. The van der Waals surface area contributed by atoms with Crippen molar-refractivity contribution < 1.29 is 9.53 Å². The van der Waals surface area contributed by atoms with Crippen LogP contribution < -0.4 is 4.74 Å². The molecule has 0 radical (unpaired) electrons. The van der Waals surface area contributed by atoms with Crippen LogP contribution in [-0.4, -0.2) is 25.0 Å². The van der Waals surface area contributed by atoms with Gasteiger partial charge in [-0.15, -0.1) is 0 Å². The molecule has 3 heteroatoms. The first kappa shape index (κ1) is 15.1. The highest BCUT2D eigenvalue weighted by atomic mass is 16.5. The van der Waals surface area contributed by atoms with Crippen LogP contribution in [0.2, 0.25) is 0 Å². The van der Waals surface area contributed by atoms with Crippen molar-refractivity contribution in [3.05, 3.63) is 65.2 Å². The Morgan fingerprint density at radius 2 is 1.76 bits per heavy atom. The van der Waals surface area contributed by atoms with Crippen molar-refractivity contribution in [2.75, 3.05) is 14.2 Å². The fourth-order valence-electron chi connectivity index (χ4n) is 2.18. The molecule has 0 saturated heterocycles. The van der Waals surface area contributed by atoms with E-state index in [0.717, 1.165) is 11.3 Å². The van der Waals surface area contributed by atoms with Gasteiger partial charge in [-0.05, 0) is 35.7 Å². The van der Waals surface area contributed by atoms with Crippen LogP contribution >= 0.6 is 0 Å². The molecule has 0 aliphatic rings. The second kappa shape index (κ2) is 6.93. The molecule has 0 aromatic heterocycles. The molecule has 2 aromatic carbocycles. The summed E-state index contributed by atoms with van der Waals surface area (Å²) >= 11 is 0. The average molecular weight is 283 g/mol. The molecule has 0 aliphatic heterocycles. The predicted octanol–water partition coefficient (Wildman–Crippen LogP) is 3.20. The molecule has 2 aromatic rings. The Morgan fingerprint density at radius 1 is 1.10 bits per heavy atom. The summed E-state index contributed by atoms with van der Waals surface area (Å²) in [5, 5.41) is 0. The maximum absolute atomic E-state index is 12.3. The second-order valence-electron chi connectivity index (χ2n) is 5.20. The third-order valence-electron chi connectivity index (χ3n) is 3.61. The van der Waals surface area contributed by atoms with Gasteiger partial charge in [0.1, 0.15) is 5.75 Å². The van der Waals surface area contributed by atoms with E-state index in [1.54, 1.807) is 12.0 Å². The number of benzene rings is 2. The number of methoxy groups -OCH3 is 1. The molecule has 2 rings (SSSR count). The molecular weight excluding hydrogens is 262 g/mol. The molecular formula is C18H21NO2. The fraction of sp³-hybridized carbons (Fsp3) is 0.278. The van der Waals surface area contributed by atoms with Crippen LogP contribution in [0.15, 0.2) is 48.5 Å². The summed E-state index contributed by atoms with van der Waals surface area (Å²) in [4.78, 5) is 14.0. The van der Waals surface area contributed by atoms with Gasteiger partial charge in [-0.1, -0.05) is 36.4 Å². The highest BCUT2D eigenvalue weighted by Gasteiger charge is 2.11. The molecule has 0 fully saturated rings. The van der Waals surface area contributed by atoms with E-state index in [1.165, 1.54) is 11.1 Å². The minimum Gasteiger partial charge on any atom is -0.497 e. The third kappa shape index (κ3) is 4.09. The summed E-state index contributed by atoms with van der Waals surface area (Å²) in [5.41, 5.74) is 3.39. The molecule has 0 saturated carbocycles. The molecule has 0 unspecified atom stereocenters. The van der Waals surface area contributed by atoms with Crippen LogP contribution in [0.1, 0.15) is 16.7 Å².